The Morgan fingerprint density at radius 1 is 1.17 bits per heavy atom. The van der Waals surface area contributed by atoms with Crippen LogP contribution < -0.4 is 10.5 Å². The summed E-state index contributed by atoms with van der Waals surface area (Å²) in [7, 11) is -3.24. The second-order valence-corrected chi connectivity index (χ2v) is 7.35. The Hall–Kier alpha value is -0.170. The Morgan fingerprint density at radius 2 is 1.78 bits per heavy atom. The molecule has 0 spiro atoms. The van der Waals surface area contributed by atoms with Crippen molar-refractivity contribution in [2.75, 3.05) is 19.8 Å². The number of hydrogen-bond acceptors (Lipinski definition) is 4. The molecule has 2 rings (SSSR count). The largest absolute Gasteiger partial charge is 0.381 e. The van der Waals surface area contributed by atoms with Gasteiger partial charge in [-0.15, -0.1) is 0 Å². The first-order valence-electron chi connectivity index (χ1n) is 6.92. The topological polar surface area (TPSA) is 81.4 Å². The predicted octanol–water partition coefficient (Wildman–Crippen LogP) is 0.602. The third-order valence-corrected chi connectivity index (χ3v) is 6.13. The van der Waals surface area contributed by atoms with Crippen LogP contribution in [-0.2, 0) is 14.8 Å². The molecule has 1 saturated heterocycles. The standard InChI is InChI=1S/C12H24N2O3S/c13-9-12(10-3-1-2-4-10)14-18(15,16)11-5-7-17-8-6-11/h10-12,14H,1-9,13H2. The molecule has 0 aromatic carbocycles. The van der Waals surface area contributed by atoms with Crippen LogP contribution in [0.25, 0.3) is 0 Å². The number of rotatable bonds is 5. The van der Waals surface area contributed by atoms with Crippen molar-refractivity contribution in [2.45, 2.75) is 49.8 Å². The van der Waals surface area contributed by atoms with Crippen LogP contribution in [0.3, 0.4) is 0 Å². The first-order valence-corrected chi connectivity index (χ1v) is 8.47. The van der Waals surface area contributed by atoms with Gasteiger partial charge in [-0.25, -0.2) is 13.1 Å². The molecule has 1 heterocycles. The predicted molar refractivity (Wildman–Crippen MR) is 70.7 cm³/mol. The molecule has 6 heteroatoms. The van der Waals surface area contributed by atoms with Crippen molar-refractivity contribution in [3.8, 4) is 0 Å². The quantitative estimate of drug-likeness (QED) is 0.770. The van der Waals surface area contributed by atoms with Crippen molar-refractivity contribution in [1.29, 1.82) is 0 Å². The summed E-state index contributed by atoms with van der Waals surface area (Å²) < 4.78 is 32.6. The second-order valence-electron chi connectivity index (χ2n) is 5.36. The average molecular weight is 276 g/mol. The number of nitrogens with one attached hydrogen (secondary N) is 1. The van der Waals surface area contributed by atoms with E-state index in [0.29, 0.717) is 38.5 Å². The summed E-state index contributed by atoms with van der Waals surface area (Å²) in [6, 6.07) is -0.0830. The molecule has 2 aliphatic rings. The molecule has 3 N–H and O–H groups in total. The molecule has 1 aliphatic carbocycles. The summed E-state index contributed by atoms with van der Waals surface area (Å²) in [6.07, 6.45) is 5.77. The monoisotopic (exact) mass is 276 g/mol. The van der Waals surface area contributed by atoms with Crippen LogP contribution in [0.2, 0.25) is 0 Å². The van der Waals surface area contributed by atoms with Gasteiger partial charge in [0.15, 0.2) is 0 Å². The Bertz CT molecular complexity index is 346. The summed E-state index contributed by atoms with van der Waals surface area (Å²) in [5.41, 5.74) is 5.74. The van der Waals surface area contributed by atoms with Crippen molar-refractivity contribution in [2.24, 2.45) is 11.7 Å². The fourth-order valence-electron chi connectivity index (χ4n) is 2.99. The van der Waals surface area contributed by atoms with Gasteiger partial charge in [0.25, 0.3) is 0 Å². The molecule has 106 valence electrons. The van der Waals surface area contributed by atoms with Crippen LogP contribution in [-0.4, -0.2) is 39.5 Å². The van der Waals surface area contributed by atoms with Gasteiger partial charge in [-0.05, 0) is 31.6 Å². The van der Waals surface area contributed by atoms with E-state index >= 15 is 0 Å². The number of nitrogens with two attached hydrogens (primary N) is 1. The fourth-order valence-corrected chi connectivity index (χ4v) is 4.71. The van der Waals surface area contributed by atoms with Crippen molar-refractivity contribution >= 4 is 10.0 Å². The van der Waals surface area contributed by atoms with Crippen molar-refractivity contribution in [1.82, 2.24) is 4.72 Å². The number of hydrogen-bond donors (Lipinski definition) is 2. The van der Waals surface area contributed by atoms with Crippen LogP contribution >= 0.6 is 0 Å². The zero-order chi connectivity index (χ0) is 13.0. The maximum atomic E-state index is 12.3. The molecule has 5 nitrogen and oxygen atoms in total. The first kappa shape index (κ1) is 14.2. The molecule has 0 amide bonds. The van der Waals surface area contributed by atoms with Gasteiger partial charge in [-0.3, -0.25) is 0 Å². The lowest BCUT2D eigenvalue weighted by molar-refractivity contribution is 0.0980. The summed E-state index contributed by atoms with van der Waals surface area (Å²) in [6.45, 7) is 1.48. The van der Waals surface area contributed by atoms with Gasteiger partial charge in [0, 0.05) is 25.8 Å². The van der Waals surface area contributed by atoms with Gasteiger partial charge in [0.2, 0.25) is 10.0 Å². The van der Waals surface area contributed by atoms with E-state index in [9.17, 15) is 8.42 Å². The lowest BCUT2D eigenvalue weighted by Crippen LogP contribution is -2.48. The highest BCUT2D eigenvalue weighted by molar-refractivity contribution is 7.90. The molecule has 0 aromatic rings. The normalized spacial score (nSPS) is 25.4. The SMILES string of the molecule is NCC(NS(=O)(=O)C1CCOCC1)C1CCCC1. The summed E-state index contributed by atoms with van der Waals surface area (Å²) in [4.78, 5) is 0. The van der Waals surface area contributed by atoms with Crippen LogP contribution in [0.15, 0.2) is 0 Å². The Labute approximate surface area is 110 Å². The Balaban J connectivity index is 1.96. The molecule has 2 fully saturated rings. The maximum absolute atomic E-state index is 12.3. The molecule has 0 radical (unpaired) electrons. The molecule has 1 aliphatic heterocycles. The Morgan fingerprint density at radius 3 is 2.33 bits per heavy atom. The van der Waals surface area contributed by atoms with Gasteiger partial charge < -0.3 is 10.5 Å². The van der Waals surface area contributed by atoms with Gasteiger partial charge in [-0.1, -0.05) is 12.8 Å². The molecule has 0 aromatic heterocycles. The molecular weight excluding hydrogens is 252 g/mol. The van der Waals surface area contributed by atoms with Gasteiger partial charge in [0.05, 0.1) is 5.25 Å². The molecular formula is C12H24N2O3S. The zero-order valence-corrected chi connectivity index (χ0v) is 11.6. The van der Waals surface area contributed by atoms with Crippen LogP contribution in [0.5, 0.6) is 0 Å². The van der Waals surface area contributed by atoms with Crippen molar-refractivity contribution in [3.05, 3.63) is 0 Å². The molecule has 0 bridgehead atoms. The van der Waals surface area contributed by atoms with Gasteiger partial charge in [-0.2, -0.15) is 0 Å². The van der Waals surface area contributed by atoms with Gasteiger partial charge >= 0.3 is 0 Å². The average Bonchev–Trinajstić information content (AvgIpc) is 2.91. The number of sulfonamides is 1. The highest BCUT2D eigenvalue weighted by Gasteiger charge is 2.32. The number of ether oxygens (including phenoxy) is 1. The van der Waals surface area contributed by atoms with E-state index in [4.69, 9.17) is 10.5 Å². The summed E-state index contributed by atoms with van der Waals surface area (Å²) >= 11 is 0. The molecule has 1 atom stereocenters. The van der Waals surface area contributed by atoms with E-state index in [1.54, 1.807) is 0 Å². The molecule has 1 unspecified atom stereocenters. The van der Waals surface area contributed by atoms with E-state index in [-0.39, 0.29) is 11.3 Å². The lowest BCUT2D eigenvalue weighted by atomic mass is 9.99. The van der Waals surface area contributed by atoms with Crippen LogP contribution in [0, 0.1) is 5.92 Å². The van der Waals surface area contributed by atoms with E-state index in [0.717, 1.165) is 12.8 Å². The summed E-state index contributed by atoms with van der Waals surface area (Å²) in [5.74, 6) is 0.421. The van der Waals surface area contributed by atoms with Gasteiger partial charge in [0.1, 0.15) is 0 Å². The van der Waals surface area contributed by atoms with E-state index in [1.165, 1.54) is 12.8 Å². The zero-order valence-electron chi connectivity index (χ0n) is 10.8. The minimum atomic E-state index is -3.24. The Kier molecular flexibility index (Phi) is 5.00. The fraction of sp³-hybridized carbons (Fsp3) is 1.00. The van der Waals surface area contributed by atoms with Crippen LogP contribution in [0.4, 0.5) is 0 Å². The first-order chi connectivity index (χ1) is 8.63. The highest BCUT2D eigenvalue weighted by Crippen LogP contribution is 2.28. The lowest BCUT2D eigenvalue weighted by Gasteiger charge is -2.28. The molecule has 1 saturated carbocycles. The van der Waals surface area contributed by atoms with E-state index in [1.807, 2.05) is 0 Å². The highest BCUT2D eigenvalue weighted by atomic mass is 32.2. The smallest absolute Gasteiger partial charge is 0.214 e. The maximum Gasteiger partial charge on any atom is 0.214 e. The minimum absolute atomic E-state index is 0.0830. The van der Waals surface area contributed by atoms with Crippen LogP contribution in [0.1, 0.15) is 38.5 Å². The minimum Gasteiger partial charge on any atom is -0.381 e. The van der Waals surface area contributed by atoms with Crippen molar-refractivity contribution in [3.63, 3.8) is 0 Å². The van der Waals surface area contributed by atoms with E-state index in [2.05, 4.69) is 4.72 Å². The van der Waals surface area contributed by atoms with Crippen molar-refractivity contribution < 1.29 is 13.2 Å². The van der Waals surface area contributed by atoms with E-state index < -0.39 is 10.0 Å². The third kappa shape index (κ3) is 3.44. The third-order valence-electron chi connectivity index (χ3n) is 4.15. The molecule has 18 heavy (non-hydrogen) atoms. The second kappa shape index (κ2) is 6.32. The summed E-state index contributed by atoms with van der Waals surface area (Å²) in [5, 5.41) is -0.304.